The van der Waals surface area contributed by atoms with Gasteiger partial charge in [-0.25, -0.2) is 9.78 Å². The van der Waals surface area contributed by atoms with E-state index in [0.717, 1.165) is 6.54 Å². The van der Waals surface area contributed by atoms with E-state index in [9.17, 15) is 4.79 Å². The summed E-state index contributed by atoms with van der Waals surface area (Å²) in [5.41, 5.74) is 6.89. The Bertz CT molecular complexity index is 470. The van der Waals surface area contributed by atoms with Gasteiger partial charge in [0.2, 0.25) is 0 Å². The van der Waals surface area contributed by atoms with E-state index in [-0.39, 0.29) is 5.97 Å². The van der Waals surface area contributed by atoms with Crippen LogP contribution in [0.15, 0.2) is 12.3 Å². The summed E-state index contributed by atoms with van der Waals surface area (Å²) in [7, 11) is 1.98. The molecule has 1 aliphatic carbocycles. The van der Waals surface area contributed by atoms with E-state index in [0.29, 0.717) is 29.6 Å². The Hall–Kier alpha value is -1.78. The van der Waals surface area contributed by atoms with Crippen molar-refractivity contribution in [1.29, 1.82) is 0 Å². The van der Waals surface area contributed by atoms with Crippen LogP contribution < -0.4 is 10.6 Å². The highest BCUT2D eigenvalue weighted by molar-refractivity contribution is 5.97. The molecule has 5 nitrogen and oxygen atoms in total. The average Bonchev–Trinajstić information content (AvgIpc) is 2.92. The smallest absolute Gasteiger partial charge is 0.340 e. The first-order valence-electron chi connectivity index (χ1n) is 7.26. The van der Waals surface area contributed by atoms with E-state index < -0.39 is 0 Å². The molecule has 5 heteroatoms. The molecule has 1 aliphatic rings. The van der Waals surface area contributed by atoms with E-state index >= 15 is 0 Å². The van der Waals surface area contributed by atoms with E-state index in [2.05, 4.69) is 4.98 Å². The first kappa shape index (κ1) is 14.6. The zero-order valence-electron chi connectivity index (χ0n) is 12.3. The van der Waals surface area contributed by atoms with Crippen LogP contribution in [0.5, 0.6) is 0 Å². The molecule has 1 aromatic rings. The summed E-state index contributed by atoms with van der Waals surface area (Å²) >= 11 is 0. The van der Waals surface area contributed by atoms with E-state index in [1.165, 1.54) is 25.7 Å². The monoisotopic (exact) mass is 277 g/mol. The van der Waals surface area contributed by atoms with Gasteiger partial charge in [-0.3, -0.25) is 0 Å². The molecule has 0 amide bonds. The summed E-state index contributed by atoms with van der Waals surface area (Å²) in [6.45, 7) is 3.06. The Labute approximate surface area is 120 Å². The second-order valence-electron chi connectivity index (χ2n) is 5.35. The molecule has 0 aliphatic heterocycles. The van der Waals surface area contributed by atoms with Gasteiger partial charge in [0, 0.05) is 19.8 Å². The van der Waals surface area contributed by atoms with Gasteiger partial charge in [0.25, 0.3) is 0 Å². The maximum atomic E-state index is 11.8. The number of aromatic nitrogens is 1. The topological polar surface area (TPSA) is 68.5 Å². The second kappa shape index (κ2) is 6.59. The molecule has 0 radical (unpaired) electrons. The van der Waals surface area contributed by atoms with Gasteiger partial charge in [-0.15, -0.1) is 0 Å². The third-order valence-corrected chi connectivity index (χ3v) is 3.83. The standard InChI is InChI=1S/C15H23N3O2/c1-3-20-15(19)12-8-9-17-14(13(12)16)18(2)10-11-6-4-5-7-11/h8-9,11H,3-7,10,16H2,1-2H3. The van der Waals surface area contributed by atoms with Gasteiger partial charge in [0.1, 0.15) is 0 Å². The zero-order valence-corrected chi connectivity index (χ0v) is 12.3. The lowest BCUT2D eigenvalue weighted by atomic mass is 10.1. The van der Waals surface area contributed by atoms with Crippen molar-refractivity contribution in [3.63, 3.8) is 0 Å². The summed E-state index contributed by atoms with van der Waals surface area (Å²) in [6, 6.07) is 1.61. The van der Waals surface area contributed by atoms with Crippen LogP contribution in [-0.2, 0) is 4.74 Å². The fourth-order valence-electron chi connectivity index (χ4n) is 2.82. The number of hydrogen-bond donors (Lipinski definition) is 1. The maximum absolute atomic E-state index is 11.8. The molecule has 0 spiro atoms. The van der Waals surface area contributed by atoms with Gasteiger partial charge in [-0.1, -0.05) is 12.8 Å². The number of anilines is 2. The van der Waals surface area contributed by atoms with Crippen LogP contribution in [0.25, 0.3) is 0 Å². The fraction of sp³-hybridized carbons (Fsp3) is 0.600. The number of carbonyl (C=O) groups excluding carboxylic acids is 1. The molecule has 1 saturated carbocycles. The van der Waals surface area contributed by atoms with Crippen LogP contribution in [0.1, 0.15) is 43.0 Å². The van der Waals surface area contributed by atoms with Crippen molar-refractivity contribution in [2.45, 2.75) is 32.6 Å². The normalized spacial score (nSPS) is 15.3. The Morgan fingerprint density at radius 3 is 2.85 bits per heavy atom. The lowest BCUT2D eigenvalue weighted by Gasteiger charge is -2.23. The van der Waals surface area contributed by atoms with Crippen molar-refractivity contribution in [3.05, 3.63) is 17.8 Å². The fourth-order valence-corrected chi connectivity index (χ4v) is 2.82. The Morgan fingerprint density at radius 1 is 1.50 bits per heavy atom. The molecule has 20 heavy (non-hydrogen) atoms. The van der Waals surface area contributed by atoms with Crippen molar-refractivity contribution in [2.24, 2.45) is 5.92 Å². The maximum Gasteiger partial charge on any atom is 0.340 e. The largest absolute Gasteiger partial charge is 0.462 e. The lowest BCUT2D eigenvalue weighted by Crippen LogP contribution is -2.26. The van der Waals surface area contributed by atoms with Crippen LogP contribution in [-0.4, -0.2) is 31.2 Å². The number of hydrogen-bond acceptors (Lipinski definition) is 5. The molecule has 2 N–H and O–H groups in total. The Balaban J connectivity index is 2.14. The number of nitrogens with zero attached hydrogens (tertiary/aromatic N) is 2. The minimum atomic E-state index is -0.386. The van der Waals surface area contributed by atoms with Gasteiger partial charge in [0.15, 0.2) is 5.82 Å². The molecule has 0 bridgehead atoms. The summed E-state index contributed by atoms with van der Waals surface area (Å²) in [4.78, 5) is 18.2. The predicted octanol–water partition coefficient (Wildman–Crippen LogP) is 2.47. The van der Waals surface area contributed by atoms with Crippen molar-refractivity contribution in [2.75, 3.05) is 30.8 Å². The molecule has 110 valence electrons. The first-order chi connectivity index (χ1) is 9.63. The molecular formula is C15H23N3O2. The van der Waals surface area contributed by atoms with E-state index in [1.807, 2.05) is 11.9 Å². The average molecular weight is 277 g/mol. The summed E-state index contributed by atoms with van der Waals surface area (Å²) in [5, 5.41) is 0. The third-order valence-electron chi connectivity index (χ3n) is 3.83. The van der Waals surface area contributed by atoms with Crippen LogP contribution in [0.3, 0.4) is 0 Å². The second-order valence-corrected chi connectivity index (χ2v) is 5.35. The predicted molar refractivity (Wildman–Crippen MR) is 79.8 cm³/mol. The molecule has 0 atom stereocenters. The third kappa shape index (κ3) is 3.21. The number of ether oxygens (including phenoxy) is 1. The van der Waals surface area contributed by atoms with Gasteiger partial charge < -0.3 is 15.4 Å². The highest BCUT2D eigenvalue weighted by Gasteiger charge is 2.21. The molecule has 0 unspecified atom stereocenters. The summed E-state index contributed by atoms with van der Waals surface area (Å²) < 4.78 is 5.01. The zero-order chi connectivity index (χ0) is 14.5. The molecular weight excluding hydrogens is 254 g/mol. The van der Waals surface area contributed by atoms with Crippen molar-refractivity contribution < 1.29 is 9.53 Å². The summed E-state index contributed by atoms with van der Waals surface area (Å²) in [5.74, 6) is 0.984. The quantitative estimate of drug-likeness (QED) is 0.837. The van der Waals surface area contributed by atoms with Gasteiger partial charge in [0.05, 0.1) is 17.9 Å². The Morgan fingerprint density at radius 2 is 2.20 bits per heavy atom. The molecule has 0 aromatic carbocycles. The van der Waals surface area contributed by atoms with Crippen molar-refractivity contribution in [3.8, 4) is 0 Å². The van der Waals surface area contributed by atoms with Crippen LogP contribution in [0.2, 0.25) is 0 Å². The first-order valence-corrected chi connectivity index (χ1v) is 7.26. The molecule has 1 heterocycles. The van der Waals surface area contributed by atoms with Gasteiger partial charge in [-0.05, 0) is 31.7 Å². The minimum Gasteiger partial charge on any atom is -0.462 e. The lowest BCUT2D eigenvalue weighted by molar-refractivity contribution is 0.0527. The van der Waals surface area contributed by atoms with E-state index in [4.69, 9.17) is 10.5 Å². The van der Waals surface area contributed by atoms with Crippen LogP contribution in [0.4, 0.5) is 11.5 Å². The van der Waals surface area contributed by atoms with Crippen LogP contribution in [0, 0.1) is 5.92 Å². The van der Waals surface area contributed by atoms with E-state index in [1.54, 1.807) is 19.2 Å². The van der Waals surface area contributed by atoms with Crippen molar-refractivity contribution in [1.82, 2.24) is 4.98 Å². The molecule has 0 saturated heterocycles. The van der Waals surface area contributed by atoms with Crippen molar-refractivity contribution >= 4 is 17.5 Å². The molecule has 1 aromatic heterocycles. The molecule has 1 fully saturated rings. The SMILES string of the molecule is CCOC(=O)c1ccnc(N(C)CC2CCCC2)c1N. The Kier molecular flexibility index (Phi) is 4.82. The number of carbonyl (C=O) groups is 1. The van der Waals surface area contributed by atoms with Gasteiger partial charge >= 0.3 is 5.97 Å². The number of nitrogens with two attached hydrogens (primary N) is 1. The van der Waals surface area contributed by atoms with Gasteiger partial charge in [-0.2, -0.15) is 0 Å². The highest BCUT2D eigenvalue weighted by atomic mass is 16.5. The number of nitrogen functional groups attached to an aromatic ring is 1. The number of esters is 1. The number of pyridine rings is 1. The number of rotatable bonds is 5. The highest BCUT2D eigenvalue weighted by Crippen LogP contribution is 2.29. The molecule has 2 rings (SSSR count). The summed E-state index contributed by atoms with van der Waals surface area (Å²) in [6.07, 6.45) is 6.77. The van der Waals surface area contributed by atoms with Crippen LogP contribution >= 0.6 is 0 Å². The minimum absolute atomic E-state index is 0.341.